The molecule has 140 valence electrons. The molecule has 2 aromatic carbocycles. The van der Waals surface area contributed by atoms with E-state index in [4.69, 9.17) is 4.74 Å². The molecule has 1 aromatic heterocycles. The minimum absolute atomic E-state index is 0.118. The molecule has 0 saturated heterocycles. The van der Waals surface area contributed by atoms with E-state index in [1.165, 1.54) is 26.2 Å². The molecule has 0 amide bonds. The summed E-state index contributed by atoms with van der Waals surface area (Å²) in [6, 6.07) is 14.9. The molecule has 0 saturated carbocycles. The second kappa shape index (κ2) is 7.00. The van der Waals surface area contributed by atoms with Crippen molar-refractivity contribution >= 4 is 26.7 Å². The number of hydrogen-bond acceptors (Lipinski definition) is 5. The maximum Gasteiger partial charge on any atom is 0.325 e. The van der Waals surface area contributed by atoms with E-state index in [0.29, 0.717) is 5.56 Å². The van der Waals surface area contributed by atoms with Gasteiger partial charge in [-0.25, -0.2) is 8.42 Å². The Hall–Kier alpha value is -2.93. The normalized spacial score (nSPS) is 13.9. The van der Waals surface area contributed by atoms with Gasteiger partial charge in [0.1, 0.15) is 10.6 Å². The van der Waals surface area contributed by atoms with Crippen LogP contribution in [0, 0.1) is 0 Å². The van der Waals surface area contributed by atoms with E-state index in [-0.39, 0.29) is 17.1 Å². The van der Waals surface area contributed by atoms with Crippen molar-refractivity contribution in [1.82, 2.24) is 4.98 Å². The average Bonchev–Trinajstić information content (AvgIpc) is 2.67. The summed E-state index contributed by atoms with van der Waals surface area (Å²) in [5.41, 5.74) is 1.35. The third-order valence-electron chi connectivity index (χ3n) is 4.61. The highest BCUT2D eigenvalue weighted by atomic mass is 32.2. The van der Waals surface area contributed by atoms with Gasteiger partial charge < -0.3 is 9.84 Å². The van der Waals surface area contributed by atoms with Crippen molar-refractivity contribution in [2.45, 2.75) is 23.0 Å². The predicted molar refractivity (Wildman–Crippen MR) is 102 cm³/mol. The average molecular weight is 385 g/mol. The molecule has 1 unspecified atom stereocenters. The minimum atomic E-state index is -4.23. The number of pyridine rings is 1. The predicted octanol–water partition coefficient (Wildman–Crippen LogP) is 3.10. The molecule has 6 nitrogen and oxygen atoms in total. The third-order valence-corrected chi connectivity index (χ3v) is 7.03. The number of aromatic nitrogens is 1. The summed E-state index contributed by atoms with van der Waals surface area (Å²) in [7, 11) is -2.88. The molecule has 1 atom stereocenters. The number of carboxylic acid groups (broad SMARTS) is 1. The van der Waals surface area contributed by atoms with Crippen LogP contribution in [0.1, 0.15) is 12.5 Å². The number of sulfone groups is 1. The first-order valence-corrected chi connectivity index (χ1v) is 9.72. The topological polar surface area (TPSA) is 93.6 Å². The largest absolute Gasteiger partial charge is 0.495 e. The van der Waals surface area contributed by atoms with Gasteiger partial charge in [0.05, 0.1) is 12.6 Å². The smallest absolute Gasteiger partial charge is 0.325 e. The highest BCUT2D eigenvalue weighted by Crippen LogP contribution is 2.35. The number of rotatable bonds is 6. The van der Waals surface area contributed by atoms with E-state index < -0.39 is 20.6 Å². The molecule has 27 heavy (non-hydrogen) atoms. The van der Waals surface area contributed by atoms with Crippen LogP contribution in [-0.2, 0) is 21.1 Å². The van der Waals surface area contributed by atoms with Crippen LogP contribution in [0.2, 0.25) is 0 Å². The lowest BCUT2D eigenvalue weighted by Crippen LogP contribution is -2.45. The molecule has 0 radical (unpaired) electrons. The van der Waals surface area contributed by atoms with Gasteiger partial charge in [-0.2, -0.15) is 0 Å². The standard InChI is InChI=1S/C20H19NO5S/c1-20(19(22)23,27(24,25)18-8-4-3-7-17(18)26-2)13-14-9-10-16-15(12-14)6-5-11-21-16/h3-12H,13H2,1-2H3,(H,22,23). The molecule has 0 aliphatic rings. The number of aliphatic carboxylic acids is 1. The molecule has 7 heteroatoms. The Morgan fingerprint density at radius 2 is 1.89 bits per heavy atom. The molecule has 3 rings (SSSR count). The summed E-state index contributed by atoms with van der Waals surface area (Å²) in [6.45, 7) is 1.23. The lowest BCUT2D eigenvalue weighted by molar-refractivity contribution is -0.139. The first-order valence-electron chi connectivity index (χ1n) is 8.24. The second-order valence-corrected chi connectivity index (χ2v) is 8.75. The number of para-hydroxylation sites is 1. The van der Waals surface area contributed by atoms with Gasteiger partial charge in [-0.15, -0.1) is 0 Å². The van der Waals surface area contributed by atoms with Gasteiger partial charge in [-0.1, -0.05) is 24.3 Å². The van der Waals surface area contributed by atoms with Gasteiger partial charge in [0.2, 0.25) is 0 Å². The molecule has 0 aliphatic carbocycles. The maximum atomic E-state index is 13.3. The van der Waals surface area contributed by atoms with Crippen LogP contribution >= 0.6 is 0 Å². The monoisotopic (exact) mass is 385 g/mol. The van der Waals surface area contributed by atoms with Crippen LogP contribution in [0.4, 0.5) is 0 Å². The van der Waals surface area contributed by atoms with Gasteiger partial charge in [0.25, 0.3) is 0 Å². The zero-order valence-electron chi connectivity index (χ0n) is 14.9. The zero-order valence-corrected chi connectivity index (χ0v) is 15.7. The lowest BCUT2D eigenvalue weighted by atomic mass is 9.99. The Morgan fingerprint density at radius 3 is 2.59 bits per heavy atom. The Bertz CT molecular complexity index is 1110. The Kier molecular flexibility index (Phi) is 4.89. The van der Waals surface area contributed by atoms with Crippen molar-refractivity contribution in [3.05, 3.63) is 66.4 Å². The lowest BCUT2D eigenvalue weighted by Gasteiger charge is -2.26. The van der Waals surface area contributed by atoms with E-state index in [9.17, 15) is 18.3 Å². The highest BCUT2D eigenvalue weighted by Gasteiger charge is 2.48. The maximum absolute atomic E-state index is 13.3. The molecule has 0 fully saturated rings. The molecule has 1 heterocycles. The van der Waals surface area contributed by atoms with Crippen molar-refractivity contribution in [3.8, 4) is 5.75 Å². The van der Waals surface area contributed by atoms with Crippen molar-refractivity contribution in [3.63, 3.8) is 0 Å². The van der Waals surface area contributed by atoms with Gasteiger partial charge in [-0.05, 0) is 42.8 Å². The molecule has 1 N–H and O–H groups in total. The van der Waals surface area contributed by atoms with E-state index in [1.807, 2.05) is 6.07 Å². The number of carbonyl (C=O) groups is 1. The Morgan fingerprint density at radius 1 is 1.15 bits per heavy atom. The van der Waals surface area contributed by atoms with Crippen LogP contribution in [0.25, 0.3) is 10.9 Å². The van der Waals surface area contributed by atoms with E-state index in [0.717, 1.165) is 10.9 Å². The first-order chi connectivity index (χ1) is 12.8. The van der Waals surface area contributed by atoms with E-state index in [1.54, 1.807) is 42.6 Å². The fourth-order valence-corrected chi connectivity index (χ4v) is 4.74. The number of carboxylic acids is 1. The summed E-state index contributed by atoms with van der Waals surface area (Å²) < 4.78 is 29.6. The van der Waals surface area contributed by atoms with Crippen molar-refractivity contribution < 1.29 is 23.1 Å². The van der Waals surface area contributed by atoms with Crippen LogP contribution in [0.3, 0.4) is 0 Å². The van der Waals surface area contributed by atoms with Gasteiger partial charge in [-0.3, -0.25) is 9.78 Å². The Balaban J connectivity index is 2.10. The van der Waals surface area contributed by atoms with Crippen molar-refractivity contribution in [1.29, 1.82) is 0 Å². The second-order valence-electron chi connectivity index (χ2n) is 6.40. The van der Waals surface area contributed by atoms with E-state index in [2.05, 4.69) is 4.98 Å². The minimum Gasteiger partial charge on any atom is -0.495 e. The van der Waals surface area contributed by atoms with Gasteiger partial charge in [0, 0.05) is 18.0 Å². The number of fused-ring (bicyclic) bond motifs is 1. The number of benzene rings is 2. The highest BCUT2D eigenvalue weighted by molar-refractivity contribution is 7.93. The van der Waals surface area contributed by atoms with Crippen LogP contribution in [0.15, 0.2) is 65.7 Å². The number of methoxy groups -OCH3 is 1. The van der Waals surface area contributed by atoms with Crippen molar-refractivity contribution in [2.75, 3.05) is 7.11 Å². The third kappa shape index (κ3) is 3.26. The quantitative estimate of drug-likeness (QED) is 0.701. The van der Waals surface area contributed by atoms with E-state index >= 15 is 0 Å². The Labute approximate surface area is 157 Å². The van der Waals surface area contributed by atoms with Crippen LogP contribution < -0.4 is 4.74 Å². The number of nitrogens with zero attached hydrogens (tertiary/aromatic N) is 1. The fraction of sp³-hybridized carbons (Fsp3) is 0.200. The molecule has 0 aliphatic heterocycles. The number of hydrogen-bond donors (Lipinski definition) is 1. The summed E-state index contributed by atoms with van der Waals surface area (Å²) >= 11 is 0. The molecular formula is C20H19NO5S. The number of ether oxygens (including phenoxy) is 1. The first kappa shape index (κ1) is 18.8. The van der Waals surface area contributed by atoms with Gasteiger partial charge in [0.15, 0.2) is 14.6 Å². The van der Waals surface area contributed by atoms with Crippen molar-refractivity contribution in [2.24, 2.45) is 0 Å². The zero-order chi connectivity index (χ0) is 19.7. The summed E-state index contributed by atoms with van der Waals surface area (Å²) in [5.74, 6) is -1.30. The molecular weight excluding hydrogens is 366 g/mol. The molecule has 0 bridgehead atoms. The summed E-state index contributed by atoms with van der Waals surface area (Å²) in [4.78, 5) is 16.2. The van der Waals surface area contributed by atoms with Crippen LogP contribution in [-0.4, -0.2) is 36.3 Å². The summed E-state index contributed by atoms with van der Waals surface area (Å²) in [5, 5.41) is 10.7. The van der Waals surface area contributed by atoms with Gasteiger partial charge >= 0.3 is 5.97 Å². The molecule has 0 spiro atoms. The molecule has 3 aromatic rings. The SMILES string of the molecule is COc1ccccc1S(=O)(=O)C(C)(Cc1ccc2ncccc2c1)C(=O)O. The summed E-state index contributed by atoms with van der Waals surface area (Å²) in [6.07, 6.45) is 1.48. The van der Waals surface area contributed by atoms with Crippen LogP contribution in [0.5, 0.6) is 5.75 Å². The fourth-order valence-electron chi connectivity index (χ4n) is 2.99.